The first-order valence-corrected chi connectivity index (χ1v) is 5.57. The molecule has 1 N–H and O–H groups in total. The summed E-state index contributed by atoms with van der Waals surface area (Å²) in [6.45, 7) is 8.70. The highest BCUT2D eigenvalue weighted by Crippen LogP contribution is 2.11. The first kappa shape index (κ1) is 11.3. The SMILES string of the molecule is CCNCCc1ccc(C)c(CC)c1. The van der Waals surface area contributed by atoms with E-state index >= 15 is 0 Å². The van der Waals surface area contributed by atoms with E-state index < -0.39 is 0 Å². The Balaban J connectivity index is 2.60. The Kier molecular flexibility index (Phi) is 4.68. The Hall–Kier alpha value is -0.820. The van der Waals surface area contributed by atoms with Gasteiger partial charge in [0.05, 0.1) is 0 Å². The van der Waals surface area contributed by atoms with Crippen LogP contribution in [0.15, 0.2) is 18.2 Å². The van der Waals surface area contributed by atoms with Crippen LogP contribution in [0.25, 0.3) is 0 Å². The average molecular weight is 191 g/mol. The maximum absolute atomic E-state index is 3.35. The molecule has 1 aromatic carbocycles. The monoisotopic (exact) mass is 191 g/mol. The Morgan fingerprint density at radius 2 is 2.00 bits per heavy atom. The van der Waals surface area contributed by atoms with Gasteiger partial charge in [0.1, 0.15) is 0 Å². The Bertz CT molecular complexity index is 279. The molecule has 0 spiro atoms. The van der Waals surface area contributed by atoms with Crippen molar-refractivity contribution in [1.29, 1.82) is 0 Å². The van der Waals surface area contributed by atoms with Crippen molar-refractivity contribution < 1.29 is 0 Å². The van der Waals surface area contributed by atoms with Crippen molar-refractivity contribution in [3.63, 3.8) is 0 Å². The first-order valence-electron chi connectivity index (χ1n) is 5.57. The molecule has 0 heterocycles. The lowest BCUT2D eigenvalue weighted by molar-refractivity contribution is 0.716. The molecule has 0 aliphatic rings. The lowest BCUT2D eigenvalue weighted by atomic mass is 10.0. The minimum Gasteiger partial charge on any atom is -0.317 e. The van der Waals surface area contributed by atoms with Gasteiger partial charge in [-0.1, -0.05) is 32.0 Å². The number of aryl methyl sites for hydroxylation is 2. The van der Waals surface area contributed by atoms with Gasteiger partial charge in [-0.25, -0.2) is 0 Å². The zero-order valence-electron chi connectivity index (χ0n) is 9.56. The third-order valence-electron chi connectivity index (χ3n) is 2.63. The molecule has 0 saturated carbocycles. The van der Waals surface area contributed by atoms with Crippen molar-refractivity contribution in [1.82, 2.24) is 5.32 Å². The van der Waals surface area contributed by atoms with E-state index in [1.807, 2.05) is 0 Å². The maximum Gasteiger partial charge on any atom is -0.000847 e. The van der Waals surface area contributed by atoms with E-state index in [0.717, 1.165) is 25.9 Å². The largest absolute Gasteiger partial charge is 0.317 e. The van der Waals surface area contributed by atoms with E-state index in [4.69, 9.17) is 0 Å². The van der Waals surface area contributed by atoms with Gasteiger partial charge in [-0.3, -0.25) is 0 Å². The number of benzene rings is 1. The summed E-state index contributed by atoms with van der Waals surface area (Å²) in [5.74, 6) is 0. The van der Waals surface area contributed by atoms with Crippen molar-refractivity contribution in [3.8, 4) is 0 Å². The Morgan fingerprint density at radius 3 is 2.64 bits per heavy atom. The minimum absolute atomic E-state index is 1.06. The van der Waals surface area contributed by atoms with Crippen LogP contribution in [0.1, 0.15) is 30.5 Å². The summed E-state index contributed by atoms with van der Waals surface area (Å²) in [5.41, 5.74) is 4.35. The molecule has 1 aromatic rings. The molecule has 0 aliphatic heterocycles. The summed E-state index contributed by atoms with van der Waals surface area (Å²) in [5, 5.41) is 3.35. The summed E-state index contributed by atoms with van der Waals surface area (Å²) in [7, 11) is 0. The average Bonchev–Trinajstić information content (AvgIpc) is 2.21. The summed E-state index contributed by atoms with van der Waals surface area (Å²) < 4.78 is 0. The summed E-state index contributed by atoms with van der Waals surface area (Å²) in [6, 6.07) is 6.82. The highest BCUT2D eigenvalue weighted by atomic mass is 14.8. The van der Waals surface area contributed by atoms with Crippen molar-refractivity contribution in [2.75, 3.05) is 13.1 Å². The van der Waals surface area contributed by atoms with Gasteiger partial charge < -0.3 is 5.32 Å². The second kappa shape index (κ2) is 5.82. The van der Waals surface area contributed by atoms with E-state index in [1.54, 1.807) is 0 Å². The van der Waals surface area contributed by atoms with Crippen LogP contribution in [0.2, 0.25) is 0 Å². The lowest BCUT2D eigenvalue weighted by Crippen LogP contribution is -2.16. The van der Waals surface area contributed by atoms with Gasteiger partial charge in [-0.15, -0.1) is 0 Å². The molecule has 1 rings (SSSR count). The molecule has 0 aliphatic carbocycles. The molecule has 78 valence electrons. The summed E-state index contributed by atoms with van der Waals surface area (Å²) >= 11 is 0. The van der Waals surface area contributed by atoms with Crippen LogP contribution in [-0.2, 0) is 12.8 Å². The van der Waals surface area contributed by atoms with Gasteiger partial charge in [0.15, 0.2) is 0 Å². The molecule has 0 radical (unpaired) electrons. The molecule has 1 nitrogen and oxygen atoms in total. The van der Waals surface area contributed by atoms with E-state index in [9.17, 15) is 0 Å². The highest BCUT2D eigenvalue weighted by molar-refractivity contribution is 5.31. The van der Waals surface area contributed by atoms with Gasteiger partial charge in [-0.2, -0.15) is 0 Å². The fourth-order valence-electron chi connectivity index (χ4n) is 1.67. The fraction of sp³-hybridized carbons (Fsp3) is 0.538. The van der Waals surface area contributed by atoms with Crippen molar-refractivity contribution in [2.45, 2.75) is 33.6 Å². The number of hydrogen-bond acceptors (Lipinski definition) is 1. The Morgan fingerprint density at radius 1 is 1.21 bits per heavy atom. The van der Waals surface area contributed by atoms with Crippen LogP contribution in [0.4, 0.5) is 0 Å². The zero-order chi connectivity index (χ0) is 10.4. The van der Waals surface area contributed by atoms with E-state index in [1.165, 1.54) is 16.7 Å². The van der Waals surface area contributed by atoms with Gasteiger partial charge >= 0.3 is 0 Å². The molecule has 0 saturated heterocycles. The van der Waals surface area contributed by atoms with Crippen LogP contribution in [0.3, 0.4) is 0 Å². The predicted octanol–water partition coefficient (Wildman–Crippen LogP) is 2.71. The van der Waals surface area contributed by atoms with Crippen molar-refractivity contribution in [2.24, 2.45) is 0 Å². The van der Waals surface area contributed by atoms with Gasteiger partial charge in [0.25, 0.3) is 0 Å². The molecule has 0 bridgehead atoms. The minimum atomic E-state index is 1.06. The number of hydrogen-bond donors (Lipinski definition) is 1. The molecule has 0 amide bonds. The van der Waals surface area contributed by atoms with E-state index in [-0.39, 0.29) is 0 Å². The first-order chi connectivity index (χ1) is 6.77. The second-order valence-corrected chi connectivity index (χ2v) is 3.72. The molecule has 0 atom stereocenters. The van der Waals surface area contributed by atoms with Gasteiger partial charge in [0.2, 0.25) is 0 Å². The topological polar surface area (TPSA) is 12.0 Å². The summed E-state index contributed by atoms with van der Waals surface area (Å²) in [6.07, 6.45) is 2.28. The Labute approximate surface area is 87.5 Å². The van der Waals surface area contributed by atoms with Crippen LogP contribution in [0.5, 0.6) is 0 Å². The lowest BCUT2D eigenvalue weighted by Gasteiger charge is -2.07. The molecule has 1 heteroatoms. The van der Waals surface area contributed by atoms with Crippen LogP contribution < -0.4 is 5.32 Å². The smallest absolute Gasteiger partial charge is 0.000847 e. The van der Waals surface area contributed by atoms with E-state index in [0.29, 0.717) is 0 Å². The van der Waals surface area contributed by atoms with Crippen LogP contribution in [-0.4, -0.2) is 13.1 Å². The van der Waals surface area contributed by atoms with Crippen LogP contribution in [0, 0.1) is 6.92 Å². The predicted molar refractivity (Wildman–Crippen MR) is 62.8 cm³/mol. The molecular weight excluding hydrogens is 170 g/mol. The third kappa shape index (κ3) is 3.15. The quantitative estimate of drug-likeness (QED) is 0.706. The van der Waals surface area contributed by atoms with E-state index in [2.05, 4.69) is 44.3 Å². The number of nitrogens with one attached hydrogen (secondary N) is 1. The molecule has 14 heavy (non-hydrogen) atoms. The van der Waals surface area contributed by atoms with Crippen molar-refractivity contribution in [3.05, 3.63) is 34.9 Å². The number of likely N-dealkylation sites (N-methyl/N-ethyl adjacent to an activating group) is 1. The standard InChI is InChI=1S/C13H21N/c1-4-13-10-12(7-6-11(13)3)8-9-14-5-2/h6-7,10,14H,4-5,8-9H2,1-3H3. The highest BCUT2D eigenvalue weighted by Gasteiger charge is 1.98. The fourth-order valence-corrected chi connectivity index (χ4v) is 1.67. The maximum atomic E-state index is 3.35. The number of rotatable bonds is 5. The van der Waals surface area contributed by atoms with Crippen molar-refractivity contribution >= 4 is 0 Å². The molecule has 0 fully saturated rings. The summed E-state index contributed by atoms with van der Waals surface area (Å²) in [4.78, 5) is 0. The van der Waals surface area contributed by atoms with Crippen LogP contribution >= 0.6 is 0 Å². The third-order valence-corrected chi connectivity index (χ3v) is 2.63. The van der Waals surface area contributed by atoms with Gasteiger partial charge in [-0.05, 0) is 49.5 Å². The van der Waals surface area contributed by atoms with Gasteiger partial charge in [0, 0.05) is 0 Å². The molecule has 0 aromatic heterocycles. The molecule has 0 unspecified atom stereocenters. The zero-order valence-corrected chi connectivity index (χ0v) is 9.56. The molecular formula is C13H21N. The normalized spacial score (nSPS) is 10.5. The second-order valence-electron chi connectivity index (χ2n) is 3.72.